The van der Waals surface area contributed by atoms with Gasteiger partial charge in [0, 0.05) is 37.9 Å². The highest BCUT2D eigenvalue weighted by Crippen LogP contribution is 2.19. The Kier molecular flexibility index (Phi) is 2.12. The second kappa shape index (κ2) is 3.27. The molecule has 13 heavy (non-hydrogen) atoms. The Hall–Kier alpha value is -1.20. The highest BCUT2D eigenvalue weighted by Gasteiger charge is 2.19. The zero-order chi connectivity index (χ0) is 9.26. The molecular formula is C8H13N5. The van der Waals surface area contributed by atoms with Gasteiger partial charge in [-0.3, -0.25) is 4.90 Å². The minimum absolute atomic E-state index is 0.355. The zero-order valence-corrected chi connectivity index (χ0v) is 7.40. The smallest absolute Gasteiger partial charge is 0.220 e. The second-order valence-corrected chi connectivity index (χ2v) is 3.20. The SMILES string of the molecule is NCCN1Cc2cnc(N)nc2C1. The number of fused-ring (bicyclic) bond motifs is 1. The van der Waals surface area contributed by atoms with Gasteiger partial charge in [0.2, 0.25) is 5.95 Å². The van der Waals surface area contributed by atoms with Crippen LogP contribution in [-0.4, -0.2) is 28.0 Å². The van der Waals surface area contributed by atoms with Crippen molar-refractivity contribution in [3.05, 3.63) is 17.5 Å². The average molecular weight is 179 g/mol. The molecule has 2 heterocycles. The van der Waals surface area contributed by atoms with Crippen LogP contribution in [0.1, 0.15) is 11.3 Å². The second-order valence-electron chi connectivity index (χ2n) is 3.20. The van der Waals surface area contributed by atoms with Crippen LogP contribution in [0, 0.1) is 0 Å². The van der Waals surface area contributed by atoms with Crippen LogP contribution in [0.5, 0.6) is 0 Å². The van der Waals surface area contributed by atoms with Crippen LogP contribution in [0.4, 0.5) is 5.95 Å². The third-order valence-corrected chi connectivity index (χ3v) is 2.19. The van der Waals surface area contributed by atoms with E-state index in [1.807, 2.05) is 0 Å². The average Bonchev–Trinajstić information content (AvgIpc) is 2.46. The van der Waals surface area contributed by atoms with E-state index in [9.17, 15) is 0 Å². The van der Waals surface area contributed by atoms with Crippen molar-refractivity contribution in [1.82, 2.24) is 14.9 Å². The number of nitrogens with two attached hydrogens (primary N) is 2. The predicted molar refractivity (Wildman–Crippen MR) is 49.6 cm³/mol. The fourth-order valence-corrected chi connectivity index (χ4v) is 1.58. The first-order valence-electron chi connectivity index (χ1n) is 4.32. The molecule has 1 aromatic heterocycles. The molecule has 70 valence electrons. The van der Waals surface area contributed by atoms with Crippen LogP contribution in [-0.2, 0) is 13.1 Å². The lowest BCUT2D eigenvalue weighted by Crippen LogP contribution is -2.24. The largest absolute Gasteiger partial charge is 0.368 e. The molecule has 0 fully saturated rings. The van der Waals surface area contributed by atoms with Crippen LogP contribution >= 0.6 is 0 Å². The van der Waals surface area contributed by atoms with Gasteiger partial charge < -0.3 is 11.5 Å². The molecule has 0 saturated heterocycles. The molecule has 1 aliphatic rings. The molecular weight excluding hydrogens is 166 g/mol. The first-order valence-corrected chi connectivity index (χ1v) is 4.32. The lowest BCUT2D eigenvalue weighted by molar-refractivity contribution is 0.291. The van der Waals surface area contributed by atoms with Gasteiger partial charge in [0.25, 0.3) is 0 Å². The summed E-state index contributed by atoms with van der Waals surface area (Å²) in [4.78, 5) is 10.4. The van der Waals surface area contributed by atoms with Gasteiger partial charge >= 0.3 is 0 Å². The van der Waals surface area contributed by atoms with Crippen LogP contribution in [0.15, 0.2) is 6.20 Å². The molecule has 4 N–H and O–H groups in total. The molecule has 0 radical (unpaired) electrons. The van der Waals surface area contributed by atoms with Crippen molar-refractivity contribution in [2.45, 2.75) is 13.1 Å². The van der Waals surface area contributed by atoms with Crippen molar-refractivity contribution in [2.75, 3.05) is 18.8 Å². The number of hydrogen-bond donors (Lipinski definition) is 2. The van der Waals surface area contributed by atoms with E-state index in [1.165, 1.54) is 5.56 Å². The van der Waals surface area contributed by atoms with Gasteiger partial charge in [-0.1, -0.05) is 0 Å². The van der Waals surface area contributed by atoms with Crippen molar-refractivity contribution in [3.63, 3.8) is 0 Å². The highest BCUT2D eigenvalue weighted by molar-refractivity contribution is 5.27. The number of hydrogen-bond acceptors (Lipinski definition) is 5. The van der Waals surface area contributed by atoms with Gasteiger partial charge in [0.05, 0.1) is 5.69 Å². The topological polar surface area (TPSA) is 81.1 Å². The summed E-state index contributed by atoms with van der Waals surface area (Å²) in [7, 11) is 0. The first kappa shape index (κ1) is 8.40. The molecule has 0 aromatic carbocycles. The van der Waals surface area contributed by atoms with Crippen LogP contribution in [0.3, 0.4) is 0 Å². The molecule has 5 nitrogen and oxygen atoms in total. The van der Waals surface area contributed by atoms with Crippen molar-refractivity contribution in [1.29, 1.82) is 0 Å². The van der Waals surface area contributed by atoms with Crippen LogP contribution < -0.4 is 11.5 Å². The Morgan fingerprint density at radius 1 is 1.46 bits per heavy atom. The van der Waals surface area contributed by atoms with Gasteiger partial charge in [-0.2, -0.15) is 0 Å². The molecule has 0 spiro atoms. The molecule has 5 heteroatoms. The van der Waals surface area contributed by atoms with Crippen molar-refractivity contribution < 1.29 is 0 Å². The Bertz CT molecular complexity index is 311. The summed E-state index contributed by atoms with van der Waals surface area (Å²) >= 11 is 0. The van der Waals surface area contributed by atoms with Crippen molar-refractivity contribution in [3.8, 4) is 0 Å². The van der Waals surface area contributed by atoms with E-state index in [0.717, 1.165) is 25.3 Å². The third-order valence-electron chi connectivity index (χ3n) is 2.19. The number of anilines is 1. The first-order chi connectivity index (χ1) is 6.29. The van der Waals surface area contributed by atoms with Gasteiger partial charge in [-0.15, -0.1) is 0 Å². The van der Waals surface area contributed by atoms with E-state index in [2.05, 4.69) is 14.9 Å². The summed E-state index contributed by atoms with van der Waals surface area (Å²) in [6, 6.07) is 0. The van der Waals surface area contributed by atoms with Crippen molar-refractivity contribution >= 4 is 5.95 Å². The molecule has 0 aliphatic carbocycles. The molecule has 0 amide bonds. The van der Waals surface area contributed by atoms with Crippen LogP contribution in [0.25, 0.3) is 0 Å². The summed E-state index contributed by atoms with van der Waals surface area (Å²) in [5.74, 6) is 0.355. The lowest BCUT2D eigenvalue weighted by atomic mass is 10.3. The summed E-state index contributed by atoms with van der Waals surface area (Å²) in [5, 5.41) is 0. The standard InChI is InChI=1S/C8H13N5/c9-1-2-13-4-6-3-11-8(10)12-7(6)5-13/h3H,1-2,4-5,9H2,(H2,10,11,12). The number of aromatic nitrogens is 2. The molecule has 0 saturated carbocycles. The van der Waals surface area contributed by atoms with E-state index in [4.69, 9.17) is 11.5 Å². The summed E-state index contributed by atoms with van der Waals surface area (Å²) in [6.45, 7) is 3.32. The lowest BCUT2D eigenvalue weighted by Gasteiger charge is -2.11. The summed E-state index contributed by atoms with van der Waals surface area (Å²) in [6.07, 6.45) is 1.80. The van der Waals surface area contributed by atoms with E-state index in [0.29, 0.717) is 12.5 Å². The Balaban J connectivity index is 2.16. The van der Waals surface area contributed by atoms with E-state index in [1.54, 1.807) is 6.20 Å². The van der Waals surface area contributed by atoms with E-state index in [-0.39, 0.29) is 0 Å². The summed E-state index contributed by atoms with van der Waals surface area (Å²) < 4.78 is 0. The van der Waals surface area contributed by atoms with Gasteiger partial charge in [-0.05, 0) is 0 Å². The Morgan fingerprint density at radius 3 is 3.08 bits per heavy atom. The fourth-order valence-electron chi connectivity index (χ4n) is 1.58. The maximum atomic E-state index is 5.48. The van der Waals surface area contributed by atoms with Crippen LogP contribution in [0.2, 0.25) is 0 Å². The van der Waals surface area contributed by atoms with Crippen molar-refractivity contribution in [2.24, 2.45) is 5.73 Å². The zero-order valence-electron chi connectivity index (χ0n) is 7.40. The molecule has 1 aromatic rings. The number of nitrogen functional groups attached to an aromatic ring is 1. The summed E-state index contributed by atoms with van der Waals surface area (Å²) in [5.41, 5.74) is 13.2. The molecule has 0 bridgehead atoms. The molecule has 1 aliphatic heterocycles. The normalized spacial score (nSPS) is 16.1. The number of rotatable bonds is 2. The van der Waals surface area contributed by atoms with Gasteiger partial charge in [0.15, 0.2) is 0 Å². The van der Waals surface area contributed by atoms with E-state index < -0.39 is 0 Å². The van der Waals surface area contributed by atoms with E-state index >= 15 is 0 Å². The number of nitrogens with zero attached hydrogens (tertiary/aromatic N) is 3. The van der Waals surface area contributed by atoms with Gasteiger partial charge in [-0.25, -0.2) is 9.97 Å². The minimum atomic E-state index is 0.355. The molecule has 2 rings (SSSR count). The Labute approximate surface area is 76.8 Å². The fraction of sp³-hybridized carbons (Fsp3) is 0.500. The minimum Gasteiger partial charge on any atom is -0.368 e. The monoisotopic (exact) mass is 179 g/mol. The maximum absolute atomic E-state index is 5.48. The molecule has 0 atom stereocenters. The molecule has 0 unspecified atom stereocenters. The quantitative estimate of drug-likeness (QED) is 0.629. The Morgan fingerprint density at radius 2 is 2.31 bits per heavy atom. The van der Waals surface area contributed by atoms with Gasteiger partial charge in [0.1, 0.15) is 0 Å². The highest BCUT2D eigenvalue weighted by atomic mass is 15.2. The predicted octanol–water partition coefficient (Wildman–Crippen LogP) is -0.667. The third kappa shape index (κ3) is 1.61. The maximum Gasteiger partial charge on any atom is 0.220 e.